The van der Waals surface area contributed by atoms with Crippen LogP contribution in [0.2, 0.25) is 5.02 Å². The minimum atomic E-state index is -0.529. The van der Waals surface area contributed by atoms with Crippen LogP contribution in [-0.4, -0.2) is 17.1 Å². The number of aromatic nitrogens is 2. The van der Waals surface area contributed by atoms with Crippen molar-refractivity contribution >= 4 is 11.6 Å². The van der Waals surface area contributed by atoms with Crippen molar-refractivity contribution in [2.45, 2.75) is 12.5 Å². The van der Waals surface area contributed by atoms with Gasteiger partial charge in [-0.15, -0.1) is 0 Å². The number of nitrogens with two attached hydrogens (primary N) is 1. The summed E-state index contributed by atoms with van der Waals surface area (Å²) in [7, 11) is 1.52. The minimum Gasteiger partial charge on any atom is -0.481 e. The van der Waals surface area contributed by atoms with E-state index in [2.05, 4.69) is 9.97 Å². The number of benzene rings is 1. The monoisotopic (exact) mass is 281 g/mol. The highest BCUT2D eigenvalue weighted by atomic mass is 35.5. The summed E-state index contributed by atoms with van der Waals surface area (Å²) in [6.07, 6.45) is 1.76. The number of ether oxygens (including phenoxy) is 1. The van der Waals surface area contributed by atoms with Crippen molar-refractivity contribution in [1.82, 2.24) is 9.97 Å². The zero-order valence-electron chi connectivity index (χ0n) is 10.3. The van der Waals surface area contributed by atoms with Crippen LogP contribution in [0.25, 0.3) is 0 Å². The maximum atomic E-state index is 13.8. The van der Waals surface area contributed by atoms with Crippen molar-refractivity contribution in [3.8, 4) is 5.88 Å². The summed E-state index contributed by atoms with van der Waals surface area (Å²) in [5, 5.41) is 0.0632. The lowest BCUT2D eigenvalue weighted by atomic mass is 10.0. The summed E-state index contributed by atoms with van der Waals surface area (Å²) in [6.45, 7) is 0. The molecule has 2 aromatic rings. The van der Waals surface area contributed by atoms with Gasteiger partial charge in [0.25, 0.3) is 0 Å². The molecule has 0 amide bonds. The quantitative estimate of drug-likeness (QED) is 0.935. The zero-order chi connectivity index (χ0) is 13.8. The standard InChI is InChI=1S/C13H13ClFN3O/c1-19-12-6-8(17-7-18-12)5-11(16)9-3-2-4-10(14)13(9)15/h2-4,6-7,11H,5,16H2,1H3. The number of methoxy groups -OCH3 is 1. The van der Waals surface area contributed by atoms with Gasteiger partial charge in [-0.3, -0.25) is 0 Å². The van der Waals surface area contributed by atoms with Crippen LogP contribution in [0.3, 0.4) is 0 Å². The van der Waals surface area contributed by atoms with Gasteiger partial charge in [-0.05, 0) is 6.07 Å². The number of hydrogen-bond acceptors (Lipinski definition) is 4. The summed E-state index contributed by atoms with van der Waals surface area (Å²) >= 11 is 5.73. The maximum Gasteiger partial charge on any atom is 0.216 e. The fraction of sp³-hybridized carbons (Fsp3) is 0.231. The van der Waals surface area contributed by atoms with E-state index in [1.807, 2.05) is 0 Å². The Bertz CT molecular complexity index is 580. The Morgan fingerprint density at radius 1 is 1.42 bits per heavy atom. The highest BCUT2D eigenvalue weighted by Crippen LogP contribution is 2.24. The van der Waals surface area contributed by atoms with E-state index in [0.29, 0.717) is 23.6 Å². The summed E-state index contributed by atoms with van der Waals surface area (Å²) in [4.78, 5) is 7.98. The van der Waals surface area contributed by atoms with Crippen LogP contribution in [0, 0.1) is 5.82 Å². The lowest BCUT2D eigenvalue weighted by Gasteiger charge is -2.13. The first-order valence-electron chi connectivity index (χ1n) is 5.66. The molecular weight excluding hydrogens is 269 g/mol. The van der Waals surface area contributed by atoms with E-state index in [9.17, 15) is 4.39 Å². The number of nitrogens with zero attached hydrogens (tertiary/aromatic N) is 2. The molecule has 1 unspecified atom stereocenters. The van der Waals surface area contributed by atoms with E-state index < -0.39 is 11.9 Å². The molecule has 0 saturated carbocycles. The van der Waals surface area contributed by atoms with Crippen LogP contribution in [-0.2, 0) is 6.42 Å². The molecule has 0 fully saturated rings. The van der Waals surface area contributed by atoms with Gasteiger partial charge >= 0.3 is 0 Å². The summed E-state index contributed by atoms with van der Waals surface area (Å²) in [6, 6.07) is 5.91. The molecule has 19 heavy (non-hydrogen) atoms. The largest absolute Gasteiger partial charge is 0.481 e. The normalized spacial score (nSPS) is 12.2. The molecule has 0 bridgehead atoms. The average Bonchev–Trinajstić information content (AvgIpc) is 2.42. The van der Waals surface area contributed by atoms with E-state index in [4.69, 9.17) is 22.1 Å². The Hall–Kier alpha value is -1.72. The number of rotatable bonds is 4. The molecule has 2 rings (SSSR count). The third kappa shape index (κ3) is 3.19. The topological polar surface area (TPSA) is 61.0 Å². The zero-order valence-corrected chi connectivity index (χ0v) is 11.1. The van der Waals surface area contributed by atoms with Gasteiger partial charge in [-0.2, -0.15) is 0 Å². The molecule has 1 atom stereocenters. The average molecular weight is 282 g/mol. The minimum absolute atomic E-state index is 0.0632. The lowest BCUT2D eigenvalue weighted by Crippen LogP contribution is -2.16. The van der Waals surface area contributed by atoms with Crippen LogP contribution in [0.5, 0.6) is 5.88 Å². The summed E-state index contributed by atoms with van der Waals surface area (Å²) in [5.41, 5.74) is 7.03. The summed E-state index contributed by atoms with van der Waals surface area (Å²) < 4.78 is 18.8. The van der Waals surface area contributed by atoms with Crippen LogP contribution in [0.1, 0.15) is 17.3 Å². The Morgan fingerprint density at radius 3 is 2.95 bits per heavy atom. The molecule has 0 aliphatic carbocycles. The van der Waals surface area contributed by atoms with Crippen molar-refractivity contribution in [2.75, 3.05) is 7.11 Å². The molecule has 6 heteroatoms. The fourth-order valence-corrected chi connectivity index (χ4v) is 1.92. The second kappa shape index (κ2) is 5.95. The molecular formula is C13H13ClFN3O. The molecule has 4 nitrogen and oxygen atoms in total. The van der Waals surface area contributed by atoms with Crippen LogP contribution < -0.4 is 10.5 Å². The molecule has 0 aliphatic heterocycles. The molecule has 100 valence electrons. The van der Waals surface area contributed by atoms with Crippen molar-refractivity contribution in [2.24, 2.45) is 5.73 Å². The van der Waals surface area contributed by atoms with E-state index in [0.717, 1.165) is 0 Å². The second-order valence-electron chi connectivity index (χ2n) is 4.01. The first-order valence-corrected chi connectivity index (χ1v) is 6.04. The second-order valence-corrected chi connectivity index (χ2v) is 4.41. The first-order chi connectivity index (χ1) is 9.11. The number of hydrogen-bond donors (Lipinski definition) is 1. The van der Waals surface area contributed by atoms with Gasteiger partial charge in [0.15, 0.2) is 0 Å². The van der Waals surface area contributed by atoms with Crippen molar-refractivity contribution < 1.29 is 9.13 Å². The van der Waals surface area contributed by atoms with E-state index in [-0.39, 0.29) is 5.02 Å². The van der Waals surface area contributed by atoms with Crippen molar-refractivity contribution in [1.29, 1.82) is 0 Å². The van der Waals surface area contributed by atoms with Crippen LogP contribution in [0.4, 0.5) is 4.39 Å². The van der Waals surface area contributed by atoms with Gasteiger partial charge in [0.2, 0.25) is 5.88 Å². The van der Waals surface area contributed by atoms with Gasteiger partial charge in [0.1, 0.15) is 12.1 Å². The highest BCUT2D eigenvalue weighted by molar-refractivity contribution is 6.30. The van der Waals surface area contributed by atoms with Crippen LogP contribution in [0.15, 0.2) is 30.6 Å². The van der Waals surface area contributed by atoms with Crippen molar-refractivity contribution in [3.05, 3.63) is 52.7 Å². The first kappa shape index (κ1) is 13.7. The Balaban J connectivity index is 2.20. The molecule has 0 aliphatic rings. The molecule has 1 aromatic heterocycles. The van der Waals surface area contributed by atoms with E-state index in [1.54, 1.807) is 18.2 Å². The third-order valence-electron chi connectivity index (χ3n) is 2.72. The molecule has 0 saturated heterocycles. The van der Waals surface area contributed by atoms with Gasteiger partial charge in [-0.1, -0.05) is 23.7 Å². The predicted octanol–water partition coefficient (Wildman–Crippen LogP) is 2.52. The van der Waals surface area contributed by atoms with Gasteiger partial charge in [-0.25, -0.2) is 14.4 Å². The highest BCUT2D eigenvalue weighted by Gasteiger charge is 2.15. The fourth-order valence-electron chi connectivity index (χ4n) is 1.74. The predicted molar refractivity (Wildman–Crippen MR) is 70.6 cm³/mol. The third-order valence-corrected chi connectivity index (χ3v) is 3.01. The van der Waals surface area contributed by atoms with E-state index in [1.165, 1.54) is 19.5 Å². The Morgan fingerprint density at radius 2 is 2.21 bits per heavy atom. The van der Waals surface area contributed by atoms with Gasteiger partial charge < -0.3 is 10.5 Å². The van der Waals surface area contributed by atoms with Gasteiger partial charge in [0.05, 0.1) is 12.1 Å². The maximum absolute atomic E-state index is 13.8. The lowest BCUT2D eigenvalue weighted by molar-refractivity contribution is 0.395. The molecule has 0 radical (unpaired) electrons. The van der Waals surface area contributed by atoms with Crippen LogP contribution >= 0.6 is 11.6 Å². The number of halogens is 2. The van der Waals surface area contributed by atoms with Gasteiger partial charge in [0, 0.05) is 29.8 Å². The Labute approximate surface area is 115 Å². The van der Waals surface area contributed by atoms with Crippen molar-refractivity contribution in [3.63, 3.8) is 0 Å². The smallest absolute Gasteiger partial charge is 0.216 e. The molecule has 0 spiro atoms. The molecule has 1 aromatic carbocycles. The SMILES string of the molecule is COc1cc(CC(N)c2cccc(Cl)c2F)ncn1. The molecule has 1 heterocycles. The molecule has 2 N–H and O–H groups in total. The Kier molecular flexibility index (Phi) is 4.29. The van der Waals surface area contributed by atoms with E-state index >= 15 is 0 Å². The summed E-state index contributed by atoms with van der Waals surface area (Å²) in [5.74, 6) is -0.0403.